The minimum absolute atomic E-state index is 0.106. The van der Waals surface area contributed by atoms with Crippen molar-refractivity contribution in [2.45, 2.75) is 37.9 Å². The fourth-order valence-electron chi connectivity index (χ4n) is 3.67. The molecule has 1 radical (unpaired) electrons. The van der Waals surface area contributed by atoms with Crippen molar-refractivity contribution in [1.29, 1.82) is 0 Å². The van der Waals surface area contributed by atoms with Crippen LogP contribution in [0.15, 0.2) is 12.1 Å². The number of nitrogens with two attached hydrogens (primary N) is 1. The fraction of sp³-hybridized carbons (Fsp3) is 0.529. The summed E-state index contributed by atoms with van der Waals surface area (Å²) in [6.07, 6.45) is -0.960. The van der Waals surface area contributed by atoms with Crippen molar-refractivity contribution in [3.05, 3.63) is 24.9 Å². The number of benzene rings is 1. The van der Waals surface area contributed by atoms with Crippen LogP contribution >= 0.6 is 0 Å². The van der Waals surface area contributed by atoms with E-state index in [1.54, 1.807) is 12.1 Å². The van der Waals surface area contributed by atoms with E-state index in [-0.39, 0.29) is 12.0 Å². The van der Waals surface area contributed by atoms with Gasteiger partial charge in [-0.05, 0) is 50.7 Å². The number of anilines is 2. The molecule has 1 aliphatic carbocycles. The Morgan fingerprint density at radius 2 is 1.96 bits per heavy atom. The SMILES string of the molecule is [CH2][C@@H]1CCCN(c2c(N)ccc3c2nc(C(F)(F)F)n3C2CC2)C1. The summed E-state index contributed by atoms with van der Waals surface area (Å²) in [6, 6.07) is 3.26. The number of halogens is 3. The number of alkyl halides is 3. The molecule has 0 bridgehead atoms. The smallest absolute Gasteiger partial charge is 0.397 e. The van der Waals surface area contributed by atoms with Gasteiger partial charge in [-0.3, -0.25) is 0 Å². The average Bonchev–Trinajstić information content (AvgIpc) is 3.26. The van der Waals surface area contributed by atoms with Crippen molar-refractivity contribution in [2.75, 3.05) is 23.7 Å². The number of hydrogen-bond acceptors (Lipinski definition) is 3. The van der Waals surface area contributed by atoms with Gasteiger partial charge < -0.3 is 15.2 Å². The maximum Gasteiger partial charge on any atom is 0.449 e. The summed E-state index contributed by atoms with van der Waals surface area (Å²) in [5.41, 5.74) is 8.13. The molecule has 7 heteroatoms. The van der Waals surface area contributed by atoms with Crippen LogP contribution in [0.2, 0.25) is 0 Å². The van der Waals surface area contributed by atoms with E-state index in [1.807, 2.05) is 4.90 Å². The van der Waals surface area contributed by atoms with E-state index >= 15 is 0 Å². The molecule has 2 aromatic rings. The van der Waals surface area contributed by atoms with Crippen molar-refractivity contribution < 1.29 is 13.2 Å². The summed E-state index contributed by atoms with van der Waals surface area (Å²) < 4.78 is 41.8. The van der Waals surface area contributed by atoms with Crippen LogP contribution in [0.3, 0.4) is 0 Å². The quantitative estimate of drug-likeness (QED) is 0.842. The standard InChI is InChI=1S/C17H20F3N4/c1-10-3-2-8-23(9-10)15-12(21)6-7-13-14(15)22-16(17(18,19)20)24(13)11-4-5-11/h6-7,10-11H,1-5,8-9,21H2/t10-/m1/s1. The van der Waals surface area contributed by atoms with Gasteiger partial charge in [0.2, 0.25) is 5.82 Å². The Hall–Kier alpha value is -1.92. The predicted octanol–water partition coefficient (Wildman–Crippen LogP) is 4.02. The second-order valence-electron chi connectivity index (χ2n) is 6.86. The summed E-state index contributed by atoms with van der Waals surface area (Å²) >= 11 is 0. The van der Waals surface area contributed by atoms with Crippen molar-refractivity contribution in [3.8, 4) is 0 Å². The highest BCUT2D eigenvalue weighted by atomic mass is 19.4. The van der Waals surface area contributed by atoms with Crippen LogP contribution in [0.4, 0.5) is 24.5 Å². The Labute approximate surface area is 138 Å². The van der Waals surface area contributed by atoms with Crippen molar-refractivity contribution in [1.82, 2.24) is 9.55 Å². The number of rotatable bonds is 2. The normalized spacial score (nSPS) is 22.3. The third-order valence-electron chi connectivity index (χ3n) is 4.87. The highest BCUT2D eigenvalue weighted by Gasteiger charge is 2.42. The number of nitrogens with zero attached hydrogens (tertiary/aromatic N) is 3. The first kappa shape index (κ1) is 15.6. The van der Waals surface area contributed by atoms with Crippen LogP contribution in [-0.4, -0.2) is 22.6 Å². The van der Waals surface area contributed by atoms with E-state index in [4.69, 9.17) is 5.73 Å². The van der Waals surface area contributed by atoms with Gasteiger partial charge in [0.05, 0.1) is 16.9 Å². The maximum atomic E-state index is 13.5. The number of hydrogen-bond donors (Lipinski definition) is 1. The Kier molecular flexibility index (Phi) is 3.44. The Bertz CT molecular complexity index is 776. The molecule has 1 aromatic heterocycles. The summed E-state index contributed by atoms with van der Waals surface area (Å²) in [4.78, 5) is 6.05. The van der Waals surface area contributed by atoms with Crippen LogP contribution in [0.1, 0.15) is 37.5 Å². The van der Waals surface area contributed by atoms with Crippen LogP contribution in [0.5, 0.6) is 0 Å². The van der Waals surface area contributed by atoms with Gasteiger partial charge in [0.1, 0.15) is 5.52 Å². The summed E-state index contributed by atoms with van der Waals surface area (Å²) in [6.45, 7) is 5.56. The summed E-state index contributed by atoms with van der Waals surface area (Å²) in [7, 11) is 0. The molecular formula is C17H20F3N4. The first-order valence-electron chi connectivity index (χ1n) is 8.32. The minimum Gasteiger partial charge on any atom is -0.397 e. The van der Waals surface area contributed by atoms with Crippen LogP contribution in [0.25, 0.3) is 11.0 Å². The minimum atomic E-state index is -4.47. The molecule has 1 saturated carbocycles. The molecule has 1 atom stereocenters. The van der Waals surface area contributed by atoms with Crippen LogP contribution in [0, 0.1) is 12.8 Å². The lowest BCUT2D eigenvalue weighted by Gasteiger charge is -2.33. The van der Waals surface area contributed by atoms with Gasteiger partial charge in [-0.1, -0.05) is 0 Å². The lowest BCUT2D eigenvalue weighted by Crippen LogP contribution is -2.35. The fourth-order valence-corrected chi connectivity index (χ4v) is 3.67. The molecule has 0 unspecified atom stereocenters. The van der Waals surface area contributed by atoms with Crippen LogP contribution in [-0.2, 0) is 6.18 Å². The summed E-state index contributed by atoms with van der Waals surface area (Å²) in [5, 5.41) is 0. The molecule has 2 heterocycles. The molecular weight excluding hydrogens is 317 g/mol. The maximum absolute atomic E-state index is 13.5. The monoisotopic (exact) mass is 337 g/mol. The zero-order valence-corrected chi connectivity index (χ0v) is 13.3. The lowest BCUT2D eigenvalue weighted by molar-refractivity contribution is -0.147. The van der Waals surface area contributed by atoms with E-state index < -0.39 is 12.0 Å². The highest BCUT2D eigenvalue weighted by Crippen LogP contribution is 2.45. The Morgan fingerprint density at radius 1 is 1.21 bits per heavy atom. The van der Waals surface area contributed by atoms with E-state index in [9.17, 15) is 13.2 Å². The second-order valence-corrected chi connectivity index (χ2v) is 6.86. The number of piperidine rings is 1. The van der Waals surface area contributed by atoms with Gasteiger partial charge in [0.15, 0.2) is 0 Å². The molecule has 0 spiro atoms. The zero-order chi connectivity index (χ0) is 17.1. The number of nitrogen functional groups attached to an aromatic ring is 1. The molecule has 1 aliphatic heterocycles. The Morgan fingerprint density at radius 3 is 2.58 bits per heavy atom. The largest absolute Gasteiger partial charge is 0.449 e. The molecule has 0 amide bonds. The average molecular weight is 337 g/mol. The number of aromatic nitrogens is 2. The molecule has 129 valence electrons. The van der Waals surface area contributed by atoms with Crippen molar-refractivity contribution >= 4 is 22.4 Å². The molecule has 2 aliphatic rings. The molecule has 4 rings (SSSR count). The van der Waals surface area contributed by atoms with Gasteiger partial charge in [-0.15, -0.1) is 0 Å². The van der Waals surface area contributed by atoms with Crippen molar-refractivity contribution in [2.24, 2.45) is 5.92 Å². The second kappa shape index (κ2) is 5.29. The van der Waals surface area contributed by atoms with Gasteiger partial charge in [0, 0.05) is 19.1 Å². The van der Waals surface area contributed by atoms with E-state index in [1.165, 1.54) is 4.57 Å². The van der Waals surface area contributed by atoms with Gasteiger partial charge >= 0.3 is 6.18 Å². The topological polar surface area (TPSA) is 47.1 Å². The molecule has 4 nitrogen and oxygen atoms in total. The summed E-state index contributed by atoms with van der Waals surface area (Å²) in [5.74, 6) is -0.559. The lowest BCUT2D eigenvalue weighted by atomic mass is 9.99. The third kappa shape index (κ3) is 2.50. The van der Waals surface area contributed by atoms with Gasteiger partial charge in [-0.25, -0.2) is 4.98 Å². The predicted molar refractivity (Wildman–Crippen MR) is 87.7 cm³/mol. The molecule has 1 aromatic carbocycles. The van der Waals surface area contributed by atoms with E-state index in [0.29, 0.717) is 29.0 Å². The van der Waals surface area contributed by atoms with Crippen molar-refractivity contribution in [3.63, 3.8) is 0 Å². The molecule has 2 N–H and O–H groups in total. The Balaban J connectivity index is 1.92. The first-order chi connectivity index (χ1) is 11.4. The van der Waals surface area contributed by atoms with Crippen LogP contribution < -0.4 is 10.6 Å². The molecule has 1 saturated heterocycles. The van der Waals surface area contributed by atoms with E-state index in [2.05, 4.69) is 11.9 Å². The number of imidazole rings is 1. The molecule has 24 heavy (non-hydrogen) atoms. The highest BCUT2D eigenvalue weighted by molar-refractivity contribution is 5.96. The molecule has 2 fully saturated rings. The number of fused-ring (bicyclic) bond motifs is 1. The third-order valence-corrected chi connectivity index (χ3v) is 4.87. The zero-order valence-electron chi connectivity index (χ0n) is 13.3. The van der Waals surface area contributed by atoms with Gasteiger partial charge in [0.25, 0.3) is 0 Å². The van der Waals surface area contributed by atoms with E-state index in [0.717, 1.165) is 32.2 Å². The first-order valence-corrected chi connectivity index (χ1v) is 8.32. The van der Waals surface area contributed by atoms with Gasteiger partial charge in [-0.2, -0.15) is 13.2 Å².